The van der Waals surface area contributed by atoms with E-state index in [9.17, 15) is 9.90 Å². The van der Waals surface area contributed by atoms with Crippen molar-refractivity contribution in [3.8, 4) is 17.2 Å². The van der Waals surface area contributed by atoms with E-state index in [1.807, 2.05) is 38.1 Å². The molecule has 0 saturated heterocycles. The summed E-state index contributed by atoms with van der Waals surface area (Å²) in [6.07, 6.45) is 0. The number of carbonyl (C=O) groups excluding carboxylic acids is 1. The maximum Gasteiger partial charge on any atom is 0.251 e. The van der Waals surface area contributed by atoms with Crippen LogP contribution in [0.5, 0.6) is 17.2 Å². The van der Waals surface area contributed by atoms with Crippen molar-refractivity contribution in [2.75, 3.05) is 13.7 Å². The Morgan fingerprint density at radius 3 is 2.54 bits per heavy atom. The van der Waals surface area contributed by atoms with Crippen molar-refractivity contribution in [2.45, 2.75) is 19.9 Å². The van der Waals surface area contributed by atoms with Gasteiger partial charge in [0.2, 0.25) is 0 Å². The van der Waals surface area contributed by atoms with E-state index < -0.39 is 0 Å². The molecule has 2 aromatic carbocycles. The number of carbonyl (C=O) groups is 1. The lowest BCUT2D eigenvalue weighted by Gasteiger charge is -2.16. The molecule has 0 heterocycles. The Balaban J connectivity index is 2.12. The second-order valence-electron chi connectivity index (χ2n) is 5.21. The van der Waals surface area contributed by atoms with Gasteiger partial charge in [-0.1, -0.05) is 12.1 Å². The minimum Gasteiger partial charge on any atom is -0.503 e. The lowest BCUT2D eigenvalue weighted by molar-refractivity contribution is 0.0939. The summed E-state index contributed by atoms with van der Waals surface area (Å²) in [4.78, 5) is 12.4. The molecule has 5 nitrogen and oxygen atoms in total. The van der Waals surface area contributed by atoms with Gasteiger partial charge in [0.05, 0.1) is 24.2 Å². The third-order valence-electron chi connectivity index (χ3n) is 3.55. The van der Waals surface area contributed by atoms with E-state index in [2.05, 4.69) is 21.2 Å². The molecule has 24 heavy (non-hydrogen) atoms. The summed E-state index contributed by atoms with van der Waals surface area (Å²) in [7, 11) is 1.44. The topological polar surface area (TPSA) is 67.8 Å². The lowest BCUT2D eigenvalue weighted by Crippen LogP contribution is -2.26. The number of phenols is 1. The maximum absolute atomic E-state index is 12.4. The van der Waals surface area contributed by atoms with Crippen molar-refractivity contribution in [2.24, 2.45) is 0 Å². The second-order valence-corrected chi connectivity index (χ2v) is 6.06. The minimum atomic E-state index is -0.254. The van der Waals surface area contributed by atoms with Crippen molar-refractivity contribution >= 4 is 21.8 Å². The fourth-order valence-electron chi connectivity index (χ4n) is 2.24. The first-order chi connectivity index (χ1) is 11.5. The van der Waals surface area contributed by atoms with Gasteiger partial charge in [-0.25, -0.2) is 0 Å². The number of hydrogen-bond acceptors (Lipinski definition) is 4. The number of amides is 1. The standard InChI is InChI=1S/C18H20BrNO4/c1-4-24-14-7-5-12(6-8-14)11(2)20-18(22)13-9-15(19)17(21)16(10-13)23-3/h5-11,21H,4H2,1-3H3,(H,20,22). The number of hydrogen-bond donors (Lipinski definition) is 2. The summed E-state index contributed by atoms with van der Waals surface area (Å²) in [6, 6.07) is 10.5. The van der Waals surface area contributed by atoms with Gasteiger partial charge in [0.15, 0.2) is 11.5 Å². The molecule has 6 heteroatoms. The van der Waals surface area contributed by atoms with Gasteiger partial charge in [-0.2, -0.15) is 0 Å². The Morgan fingerprint density at radius 1 is 1.29 bits per heavy atom. The Morgan fingerprint density at radius 2 is 1.96 bits per heavy atom. The third-order valence-corrected chi connectivity index (χ3v) is 4.15. The number of rotatable bonds is 6. The zero-order valence-corrected chi connectivity index (χ0v) is 15.4. The van der Waals surface area contributed by atoms with Crippen LogP contribution in [0.4, 0.5) is 0 Å². The van der Waals surface area contributed by atoms with E-state index in [0.717, 1.165) is 11.3 Å². The van der Waals surface area contributed by atoms with Gasteiger partial charge < -0.3 is 19.9 Å². The predicted molar refractivity (Wildman–Crippen MR) is 95.9 cm³/mol. The van der Waals surface area contributed by atoms with Crippen molar-refractivity contribution < 1.29 is 19.4 Å². The number of aromatic hydroxyl groups is 1. The molecule has 2 rings (SSSR count). The second kappa shape index (κ2) is 8.06. The van der Waals surface area contributed by atoms with E-state index in [-0.39, 0.29) is 23.4 Å². The number of halogens is 1. The van der Waals surface area contributed by atoms with Crippen LogP contribution in [0.2, 0.25) is 0 Å². The van der Waals surface area contributed by atoms with E-state index in [1.165, 1.54) is 13.2 Å². The summed E-state index contributed by atoms with van der Waals surface area (Å²) >= 11 is 3.22. The predicted octanol–water partition coefficient (Wildman–Crippen LogP) is 4.05. The van der Waals surface area contributed by atoms with Crippen LogP contribution < -0.4 is 14.8 Å². The van der Waals surface area contributed by atoms with E-state index in [4.69, 9.17) is 9.47 Å². The van der Waals surface area contributed by atoms with Crippen LogP contribution in [-0.4, -0.2) is 24.7 Å². The number of benzene rings is 2. The molecule has 0 aromatic heterocycles. The summed E-state index contributed by atoms with van der Waals surface area (Å²) in [6.45, 7) is 4.45. The zero-order chi connectivity index (χ0) is 17.7. The van der Waals surface area contributed by atoms with Crippen LogP contribution in [0, 0.1) is 0 Å². The molecule has 0 saturated carbocycles. The Bertz CT molecular complexity index is 716. The average molecular weight is 394 g/mol. The monoisotopic (exact) mass is 393 g/mol. The van der Waals surface area contributed by atoms with E-state index in [1.54, 1.807) is 6.07 Å². The number of nitrogens with one attached hydrogen (secondary N) is 1. The van der Waals surface area contributed by atoms with Crippen molar-refractivity contribution in [1.29, 1.82) is 0 Å². The number of phenolic OH excluding ortho intramolecular Hbond substituents is 1. The molecule has 2 N–H and O–H groups in total. The van der Waals surface area contributed by atoms with Crippen LogP contribution in [-0.2, 0) is 0 Å². The smallest absolute Gasteiger partial charge is 0.251 e. The highest BCUT2D eigenvalue weighted by Gasteiger charge is 2.16. The van der Waals surface area contributed by atoms with Gasteiger partial charge in [-0.05, 0) is 59.6 Å². The highest BCUT2D eigenvalue weighted by atomic mass is 79.9. The Kier molecular flexibility index (Phi) is 6.09. The molecule has 0 spiro atoms. The fraction of sp³-hybridized carbons (Fsp3) is 0.278. The summed E-state index contributed by atoms with van der Waals surface area (Å²) in [5.41, 5.74) is 1.37. The quantitative estimate of drug-likeness (QED) is 0.776. The van der Waals surface area contributed by atoms with Gasteiger partial charge in [0, 0.05) is 5.56 Å². The first kappa shape index (κ1) is 18.1. The summed E-state index contributed by atoms with van der Waals surface area (Å²) < 4.78 is 10.9. The van der Waals surface area contributed by atoms with Crippen molar-refractivity contribution in [1.82, 2.24) is 5.32 Å². The molecule has 0 aliphatic heterocycles. The average Bonchev–Trinajstić information content (AvgIpc) is 2.58. The molecular weight excluding hydrogens is 374 g/mol. The molecule has 1 amide bonds. The van der Waals surface area contributed by atoms with Crippen LogP contribution in [0.15, 0.2) is 40.9 Å². The largest absolute Gasteiger partial charge is 0.503 e. The SMILES string of the molecule is CCOc1ccc(C(C)NC(=O)c2cc(Br)c(O)c(OC)c2)cc1. The molecule has 0 aliphatic rings. The Labute approximate surface area is 149 Å². The van der Waals surface area contributed by atoms with Crippen LogP contribution >= 0.6 is 15.9 Å². The van der Waals surface area contributed by atoms with Gasteiger partial charge in [-0.15, -0.1) is 0 Å². The molecule has 1 atom stereocenters. The summed E-state index contributed by atoms with van der Waals surface area (Å²) in [5, 5.41) is 12.7. The molecule has 0 radical (unpaired) electrons. The normalized spacial score (nSPS) is 11.7. The highest BCUT2D eigenvalue weighted by Crippen LogP contribution is 2.35. The number of methoxy groups -OCH3 is 1. The molecule has 2 aromatic rings. The van der Waals surface area contributed by atoms with Crippen LogP contribution in [0.3, 0.4) is 0 Å². The Hall–Kier alpha value is -2.21. The molecule has 0 aliphatic carbocycles. The lowest BCUT2D eigenvalue weighted by atomic mass is 10.1. The van der Waals surface area contributed by atoms with Gasteiger partial charge in [0.1, 0.15) is 5.75 Å². The molecule has 1 unspecified atom stereocenters. The first-order valence-electron chi connectivity index (χ1n) is 7.56. The molecular formula is C18H20BrNO4. The fourth-order valence-corrected chi connectivity index (χ4v) is 2.69. The number of ether oxygens (including phenoxy) is 2. The van der Waals surface area contributed by atoms with Crippen LogP contribution in [0.1, 0.15) is 35.8 Å². The van der Waals surface area contributed by atoms with Crippen LogP contribution in [0.25, 0.3) is 0 Å². The molecule has 128 valence electrons. The van der Waals surface area contributed by atoms with Gasteiger partial charge in [-0.3, -0.25) is 4.79 Å². The van der Waals surface area contributed by atoms with Crippen molar-refractivity contribution in [3.05, 3.63) is 52.0 Å². The van der Waals surface area contributed by atoms with Gasteiger partial charge >= 0.3 is 0 Å². The maximum atomic E-state index is 12.4. The third kappa shape index (κ3) is 4.20. The summed E-state index contributed by atoms with van der Waals surface area (Å²) in [5.74, 6) is 0.749. The highest BCUT2D eigenvalue weighted by molar-refractivity contribution is 9.10. The van der Waals surface area contributed by atoms with E-state index in [0.29, 0.717) is 16.6 Å². The first-order valence-corrected chi connectivity index (χ1v) is 8.35. The van der Waals surface area contributed by atoms with Gasteiger partial charge in [0.25, 0.3) is 5.91 Å². The zero-order valence-electron chi connectivity index (χ0n) is 13.8. The molecule has 0 fully saturated rings. The minimum absolute atomic E-state index is 0.0337. The molecule has 0 bridgehead atoms. The van der Waals surface area contributed by atoms with E-state index >= 15 is 0 Å². The van der Waals surface area contributed by atoms with Crippen molar-refractivity contribution in [3.63, 3.8) is 0 Å².